The predicted octanol–water partition coefficient (Wildman–Crippen LogP) is 10.4. The number of para-hydroxylation sites is 1. The van der Waals surface area contributed by atoms with Crippen molar-refractivity contribution in [1.82, 2.24) is 4.98 Å². The van der Waals surface area contributed by atoms with E-state index >= 15 is 0 Å². The van der Waals surface area contributed by atoms with Gasteiger partial charge in [0.2, 0.25) is 12.0 Å². The predicted molar refractivity (Wildman–Crippen MR) is 194 cm³/mol. The second-order valence-electron chi connectivity index (χ2n) is 10.1. The highest BCUT2D eigenvalue weighted by Gasteiger charge is 2.73. The van der Waals surface area contributed by atoms with Crippen molar-refractivity contribution in [2.75, 3.05) is 20.8 Å². The Morgan fingerprint density at radius 2 is 1.57 bits per heavy atom. The Hall–Kier alpha value is -2.81. The molecule has 16 heteroatoms. The van der Waals surface area contributed by atoms with Crippen LogP contribution >= 0.6 is 64.7 Å². The van der Waals surface area contributed by atoms with Gasteiger partial charge in [0.25, 0.3) is 0 Å². The first-order valence-electron chi connectivity index (χ1n) is 14.3. The van der Waals surface area contributed by atoms with Gasteiger partial charge in [-0.15, -0.1) is 0 Å². The fraction of sp³-hybridized carbons (Fsp3) is 0.242. The van der Waals surface area contributed by atoms with Gasteiger partial charge >= 0.3 is 12.7 Å². The van der Waals surface area contributed by atoms with E-state index in [-0.39, 0.29) is 27.5 Å². The number of nitrogens with zero attached hydrogens (tertiary/aromatic N) is 2. The quantitative estimate of drug-likeness (QED) is 0.0594. The summed E-state index contributed by atoms with van der Waals surface area (Å²) in [5.74, 6) is 1.22. The van der Waals surface area contributed by atoms with E-state index in [1.165, 1.54) is 20.3 Å². The van der Waals surface area contributed by atoms with E-state index in [9.17, 15) is 10.1 Å². The smallest absolute Gasteiger partial charge is 0.381 e. The van der Waals surface area contributed by atoms with Gasteiger partial charge in [-0.2, -0.15) is 10.2 Å². The van der Waals surface area contributed by atoms with E-state index in [1.54, 1.807) is 48.5 Å². The van der Waals surface area contributed by atoms with Crippen LogP contribution in [0.3, 0.4) is 0 Å². The second kappa shape index (κ2) is 16.9. The highest BCUT2D eigenvalue weighted by atomic mass is 35.5. The van der Waals surface area contributed by atoms with E-state index in [1.807, 2.05) is 43.3 Å². The van der Waals surface area contributed by atoms with Crippen molar-refractivity contribution in [1.29, 1.82) is 5.26 Å². The van der Waals surface area contributed by atoms with Crippen molar-refractivity contribution >= 4 is 82.5 Å². The Labute approximate surface area is 314 Å². The number of halogens is 5. The first kappa shape index (κ1) is 39.0. The van der Waals surface area contributed by atoms with Crippen molar-refractivity contribution in [2.45, 2.75) is 29.2 Å². The van der Waals surface area contributed by atoms with Crippen LogP contribution < -0.4 is 14.0 Å². The number of carbonyl (C=O) groups is 1. The molecule has 1 aliphatic rings. The molecule has 1 aliphatic carbocycles. The lowest BCUT2D eigenvalue weighted by Crippen LogP contribution is -2.30. The van der Waals surface area contributed by atoms with Gasteiger partial charge in [-0.3, -0.25) is 4.79 Å². The van der Waals surface area contributed by atoms with Crippen molar-refractivity contribution < 1.29 is 32.6 Å². The Kier molecular flexibility index (Phi) is 13.5. The van der Waals surface area contributed by atoms with Gasteiger partial charge in [0, 0.05) is 38.0 Å². The molecule has 9 nitrogen and oxygen atoms in total. The maximum atomic E-state index is 13.3. The number of aromatic nitrogens is 1. The zero-order valence-corrected chi connectivity index (χ0v) is 31.6. The van der Waals surface area contributed by atoms with Gasteiger partial charge in [-0.05, 0) is 55.0 Å². The number of nitriles is 1. The topological polar surface area (TPSA) is 109 Å². The zero-order valence-electron chi connectivity index (χ0n) is 26.1. The fourth-order valence-electron chi connectivity index (χ4n) is 4.43. The maximum absolute atomic E-state index is 13.3. The largest absolute Gasteiger partial charge is 0.494 e. The zero-order chi connectivity index (χ0) is 35.8. The number of hydrogen-bond acceptors (Lipinski definition) is 10. The maximum Gasteiger partial charge on any atom is 0.381 e. The number of esters is 1. The van der Waals surface area contributed by atoms with Gasteiger partial charge < -0.3 is 27.8 Å². The summed E-state index contributed by atoms with van der Waals surface area (Å²) in [6.07, 6.45) is -0.966. The average molecular weight is 805 g/mol. The molecule has 0 bridgehead atoms. The lowest BCUT2D eigenvalue weighted by molar-refractivity contribution is -0.150. The summed E-state index contributed by atoms with van der Waals surface area (Å²) in [6.45, 7) is -0.467. The van der Waals surface area contributed by atoms with Crippen molar-refractivity contribution in [3.8, 4) is 29.2 Å². The molecule has 0 amide bonds. The molecular formula is C33H28Cl5N2O7PS. The molecular weight excluding hydrogens is 777 g/mol. The summed E-state index contributed by atoms with van der Waals surface area (Å²) < 4.78 is 30.7. The van der Waals surface area contributed by atoms with Crippen molar-refractivity contribution in [2.24, 2.45) is 0 Å². The summed E-state index contributed by atoms with van der Waals surface area (Å²) in [4.78, 5) is 17.1. The van der Waals surface area contributed by atoms with Crippen molar-refractivity contribution in [3.63, 3.8) is 0 Å². The van der Waals surface area contributed by atoms with Crippen LogP contribution in [0.1, 0.15) is 30.6 Å². The van der Waals surface area contributed by atoms with Crippen LogP contribution in [0.5, 0.6) is 23.1 Å². The molecule has 1 aromatic heterocycles. The first-order valence-corrected chi connectivity index (χ1v) is 18.7. The number of rotatable bonds is 12. The van der Waals surface area contributed by atoms with E-state index in [0.717, 1.165) is 0 Å². The minimum absolute atomic E-state index is 0.0306. The summed E-state index contributed by atoms with van der Waals surface area (Å²) in [5.41, 5.74) is -0.163. The molecule has 2 atom stereocenters. The second-order valence-corrected chi connectivity index (χ2v) is 15.9. The standard InChI is InChI=1S/C26H21Cl2NO4.C7H7Cl3NO3PS/c1-2-31-20-13-11-19(12-14-20)25(17-26(25,27)28)24(30)33-23(16-29)18-7-6-10-22(15-18)32-21-8-4-3-5-9-21;1-12-15(16,13-2)14-7-5(9)3-4(8)6(10)11-7/h3-15,23H,2,17H2,1H3;3H,1-2H3. The Balaban J connectivity index is 0.000000284. The molecule has 2 unspecified atom stereocenters. The van der Waals surface area contributed by atoms with Gasteiger partial charge in [0.15, 0.2) is 5.15 Å². The third-order valence-corrected chi connectivity index (χ3v) is 11.2. The summed E-state index contributed by atoms with van der Waals surface area (Å²) in [6, 6.07) is 26.6. The fourth-order valence-corrected chi connectivity index (χ4v) is 6.65. The summed E-state index contributed by atoms with van der Waals surface area (Å²) >= 11 is 35.1. The highest BCUT2D eigenvalue weighted by Crippen LogP contribution is 2.65. The molecule has 0 radical (unpaired) electrons. The van der Waals surface area contributed by atoms with Crippen molar-refractivity contribution in [3.05, 3.63) is 111 Å². The number of ether oxygens (including phenoxy) is 3. The van der Waals surface area contributed by atoms with Crippen LogP contribution in [0, 0.1) is 11.3 Å². The van der Waals surface area contributed by atoms with Gasteiger partial charge in [-0.25, -0.2) is 0 Å². The molecule has 1 saturated carbocycles. The summed E-state index contributed by atoms with van der Waals surface area (Å²) in [5, 5.41) is 10.2. The third-order valence-electron chi connectivity index (χ3n) is 6.98. The number of benzene rings is 3. The molecule has 258 valence electrons. The van der Waals surface area contributed by atoms with Crippen LogP contribution in [0.4, 0.5) is 0 Å². The molecule has 1 heterocycles. The summed E-state index contributed by atoms with van der Waals surface area (Å²) in [7, 11) is 2.74. The molecule has 0 saturated heterocycles. The SMILES string of the molecule is CCOc1ccc(C2(C(=O)OC(C#N)c3cccc(Oc4ccccc4)c3)CC2(Cl)Cl)cc1.COP(=S)(OC)Oc1nc(Cl)c(Cl)cc1Cl. The van der Waals surface area contributed by atoms with Gasteiger partial charge in [-0.1, -0.05) is 100 Å². The number of alkyl halides is 2. The van der Waals surface area contributed by atoms with Gasteiger partial charge in [0.1, 0.15) is 38.1 Å². The van der Waals surface area contributed by atoms with Crippen LogP contribution in [-0.4, -0.2) is 36.1 Å². The monoisotopic (exact) mass is 802 g/mol. The van der Waals surface area contributed by atoms with E-state index < -0.39 is 28.5 Å². The minimum Gasteiger partial charge on any atom is -0.494 e. The first-order chi connectivity index (χ1) is 23.3. The molecule has 5 rings (SSSR count). The number of carbonyl (C=O) groups excluding carboxylic acids is 1. The number of pyridine rings is 1. The van der Waals surface area contributed by atoms with Crippen LogP contribution in [0.25, 0.3) is 0 Å². The van der Waals surface area contributed by atoms with E-state index in [4.69, 9.17) is 97.6 Å². The van der Waals surface area contributed by atoms with Crippen LogP contribution in [0.2, 0.25) is 15.2 Å². The van der Waals surface area contributed by atoms with E-state index in [2.05, 4.69) is 4.98 Å². The Morgan fingerprint density at radius 1 is 0.939 bits per heavy atom. The number of hydrogen-bond donors (Lipinski definition) is 0. The normalized spacial score (nSPS) is 16.6. The molecule has 4 aromatic rings. The van der Waals surface area contributed by atoms with Crippen LogP contribution in [0.15, 0.2) is 84.9 Å². The Morgan fingerprint density at radius 3 is 2.14 bits per heavy atom. The molecule has 49 heavy (non-hydrogen) atoms. The minimum atomic E-state index is -2.88. The van der Waals surface area contributed by atoms with E-state index in [0.29, 0.717) is 35.0 Å². The average Bonchev–Trinajstić information content (AvgIpc) is 3.70. The third kappa shape index (κ3) is 9.50. The van der Waals surface area contributed by atoms with Crippen LogP contribution in [-0.2, 0) is 35.8 Å². The van der Waals surface area contributed by atoms with Gasteiger partial charge in [0.05, 0.1) is 11.6 Å². The molecule has 3 aromatic carbocycles. The molecule has 0 aliphatic heterocycles. The molecule has 0 N–H and O–H groups in total. The lowest BCUT2D eigenvalue weighted by atomic mass is 9.95. The lowest BCUT2D eigenvalue weighted by Gasteiger charge is -2.20. The molecule has 1 fully saturated rings. The highest BCUT2D eigenvalue weighted by molar-refractivity contribution is 8.07. The Bertz CT molecular complexity index is 1860. The molecule has 0 spiro atoms.